The fraction of sp³-hybridized carbons (Fsp3) is 0.500. The predicted molar refractivity (Wildman–Crippen MR) is 96.1 cm³/mol. The summed E-state index contributed by atoms with van der Waals surface area (Å²) in [5.74, 6) is -0.181. The van der Waals surface area contributed by atoms with Gasteiger partial charge in [0.05, 0.1) is 16.8 Å². The summed E-state index contributed by atoms with van der Waals surface area (Å²) in [6, 6.07) is 4.98. The molecule has 0 amide bonds. The van der Waals surface area contributed by atoms with E-state index in [1.165, 1.54) is 13.0 Å². The molecule has 2 N–H and O–H groups in total. The molecule has 1 aromatic rings. The Morgan fingerprint density at radius 1 is 1.25 bits per heavy atom. The standard InChI is InChI=1S/C18H26BNO4/c1-12(21)15-10-13(7-8-16(15)22)9-14(11-20-6)19-23-17(2,3)18(4,5)24-19/h7-10,20,22H,11H2,1-6H3. The molecular weight excluding hydrogens is 305 g/mol. The zero-order valence-electron chi connectivity index (χ0n) is 15.3. The Balaban J connectivity index is 2.37. The first-order valence-corrected chi connectivity index (χ1v) is 8.12. The lowest BCUT2D eigenvalue weighted by atomic mass is 9.77. The van der Waals surface area contributed by atoms with E-state index in [0.717, 1.165) is 11.0 Å². The van der Waals surface area contributed by atoms with Gasteiger partial charge in [0.2, 0.25) is 0 Å². The number of hydrogen-bond donors (Lipinski definition) is 2. The third-order valence-corrected chi connectivity index (χ3v) is 4.69. The Morgan fingerprint density at radius 2 is 1.83 bits per heavy atom. The summed E-state index contributed by atoms with van der Waals surface area (Å²) in [4.78, 5) is 11.6. The lowest BCUT2D eigenvalue weighted by molar-refractivity contribution is 0.00578. The third kappa shape index (κ3) is 3.71. The Bertz CT molecular complexity index is 651. The van der Waals surface area contributed by atoms with Crippen molar-refractivity contribution in [1.29, 1.82) is 0 Å². The molecule has 1 aromatic carbocycles. The van der Waals surface area contributed by atoms with Gasteiger partial charge in [0.15, 0.2) is 5.78 Å². The second kappa shape index (κ2) is 6.71. The molecule has 0 spiro atoms. The summed E-state index contributed by atoms with van der Waals surface area (Å²) < 4.78 is 12.2. The molecule has 1 saturated heterocycles. The van der Waals surface area contributed by atoms with E-state index < -0.39 is 18.3 Å². The summed E-state index contributed by atoms with van der Waals surface area (Å²) in [6.07, 6.45) is 1.94. The first kappa shape index (κ1) is 18.7. The number of nitrogens with one attached hydrogen (secondary N) is 1. The highest BCUT2D eigenvalue weighted by Crippen LogP contribution is 2.38. The van der Waals surface area contributed by atoms with Crippen molar-refractivity contribution in [3.05, 3.63) is 34.8 Å². The number of likely N-dealkylation sites (N-methyl/N-ethyl adjacent to an activating group) is 1. The number of carbonyl (C=O) groups excluding carboxylic acids is 1. The molecular formula is C18H26BNO4. The van der Waals surface area contributed by atoms with Crippen LogP contribution in [-0.2, 0) is 9.31 Å². The topological polar surface area (TPSA) is 67.8 Å². The van der Waals surface area contributed by atoms with Crippen molar-refractivity contribution in [2.24, 2.45) is 0 Å². The van der Waals surface area contributed by atoms with E-state index in [0.29, 0.717) is 12.1 Å². The Labute approximate surface area is 144 Å². The van der Waals surface area contributed by atoms with Crippen LogP contribution in [0.5, 0.6) is 5.75 Å². The van der Waals surface area contributed by atoms with Gasteiger partial charge in [0.25, 0.3) is 0 Å². The highest BCUT2D eigenvalue weighted by Gasteiger charge is 2.52. The van der Waals surface area contributed by atoms with Crippen LogP contribution >= 0.6 is 0 Å². The second-order valence-electron chi connectivity index (χ2n) is 7.17. The average Bonchev–Trinajstić information content (AvgIpc) is 2.68. The van der Waals surface area contributed by atoms with Crippen LogP contribution in [0, 0.1) is 0 Å². The van der Waals surface area contributed by atoms with Crippen LogP contribution in [-0.4, -0.2) is 42.8 Å². The minimum Gasteiger partial charge on any atom is -0.507 e. The molecule has 2 rings (SSSR count). The Hall–Kier alpha value is -1.63. The number of Topliss-reactive ketones (excluding diaryl/α,β-unsaturated/α-hetero) is 1. The predicted octanol–water partition coefficient (Wildman–Crippen LogP) is 2.83. The van der Waals surface area contributed by atoms with E-state index in [1.54, 1.807) is 12.1 Å². The van der Waals surface area contributed by atoms with Gasteiger partial charge in [0, 0.05) is 6.54 Å². The van der Waals surface area contributed by atoms with Gasteiger partial charge < -0.3 is 19.7 Å². The lowest BCUT2D eigenvalue weighted by Crippen LogP contribution is -2.41. The molecule has 5 nitrogen and oxygen atoms in total. The molecule has 0 saturated carbocycles. The second-order valence-corrected chi connectivity index (χ2v) is 7.17. The maximum atomic E-state index is 11.6. The van der Waals surface area contributed by atoms with E-state index in [-0.39, 0.29) is 11.5 Å². The molecule has 130 valence electrons. The molecule has 24 heavy (non-hydrogen) atoms. The van der Waals surface area contributed by atoms with Gasteiger partial charge in [-0.25, -0.2) is 0 Å². The third-order valence-electron chi connectivity index (χ3n) is 4.69. The number of carbonyl (C=O) groups is 1. The van der Waals surface area contributed by atoms with Gasteiger partial charge in [-0.05, 0) is 64.8 Å². The molecule has 6 heteroatoms. The van der Waals surface area contributed by atoms with E-state index in [4.69, 9.17) is 9.31 Å². The number of benzene rings is 1. The zero-order valence-corrected chi connectivity index (χ0v) is 15.3. The van der Waals surface area contributed by atoms with E-state index in [1.807, 2.05) is 40.8 Å². The van der Waals surface area contributed by atoms with Crippen LogP contribution in [0.3, 0.4) is 0 Å². The quantitative estimate of drug-likeness (QED) is 0.641. The fourth-order valence-electron chi connectivity index (χ4n) is 2.54. The minimum atomic E-state index is -0.461. The molecule has 0 unspecified atom stereocenters. The monoisotopic (exact) mass is 331 g/mol. The summed E-state index contributed by atoms with van der Waals surface area (Å²) in [5.41, 5.74) is 1.23. The largest absolute Gasteiger partial charge is 0.507 e. The smallest absolute Gasteiger partial charge is 0.491 e. The molecule has 0 radical (unpaired) electrons. The van der Waals surface area contributed by atoms with Gasteiger partial charge >= 0.3 is 7.12 Å². The van der Waals surface area contributed by atoms with Crippen molar-refractivity contribution in [2.45, 2.75) is 45.8 Å². The first-order valence-electron chi connectivity index (χ1n) is 8.12. The van der Waals surface area contributed by atoms with Gasteiger partial charge in [-0.3, -0.25) is 4.79 Å². The molecule has 0 aromatic heterocycles. The minimum absolute atomic E-state index is 0.00884. The maximum absolute atomic E-state index is 11.6. The molecule has 0 bridgehead atoms. The van der Waals surface area contributed by atoms with Gasteiger partial charge in [-0.15, -0.1) is 0 Å². The summed E-state index contributed by atoms with van der Waals surface area (Å²) >= 11 is 0. The maximum Gasteiger partial charge on any atom is 0.491 e. The molecule has 1 aliphatic rings. The Kier molecular flexibility index (Phi) is 5.23. The van der Waals surface area contributed by atoms with Crippen molar-refractivity contribution in [2.75, 3.05) is 13.6 Å². The summed E-state index contributed by atoms with van der Waals surface area (Å²) in [5, 5.41) is 12.9. The van der Waals surface area contributed by atoms with Crippen molar-refractivity contribution in [3.63, 3.8) is 0 Å². The highest BCUT2D eigenvalue weighted by molar-refractivity contribution is 6.55. The molecule has 1 fully saturated rings. The summed E-state index contributed by atoms with van der Waals surface area (Å²) in [6.45, 7) is 10.1. The fourth-order valence-corrected chi connectivity index (χ4v) is 2.54. The molecule has 0 atom stereocenters. The van der Waals surface area contributed by atoms with Crippen LogP contribution in [0.25, 0.3) is 6.08 Å². The van der Waals surface area contributed by atoms with Gasteiger partial charge in [-0.2, -0.15) is 0 Å². The number of aromatic hydroxyl groups is 1. The van der Waals surface area contributed by atoms with Crippen molar-refractivity contribution >= 4 is 19.0 Å². The number of hydrogen-bond acceptors (Lipinski definition) is 5. The van der Waals surface area contributed by atoms with Gasteiger partial charge in [-0.1, -0.05) is 12.1 Å². The number of rotatable bonds is 5. The van der Waals surface area contributed by atoms with Crippen LogP contribution < -0.4 is 5.32 Å². The summed E-state index contributed by atoms with van der Waals surface area (Å²) in [7, 11) is 1.40. The average molecular weight is 331 g/mol. The molecule has 1 aliphatic heterocycles. The molecule has 0 aliphatic carbocycles. The SMILES string of the molecule is CNCC(=Cc1ccc(O)c(C(C)=O)c1)B1OC(C)(C)C(C)(C)O1. The van der Waals surface area contributed by atoms with Crippen molar-refractivity contribution in [3.8, 4) is 5.75 Å². The van der Waals surface area contributed by atoms with Crippen LogP contribution in [0.4, 0.5) is 0 Å². The normalized spacial score (nSPS) is 19.6. The number of ketones is 1. The van der Waals surface area contributed by atoms with Gasteiger partial charge in [0.1, 0.15) is 5.75 Å². The van der Waals surface area contributed by atoms with Crippen LogP contribution in [0.15, 0.2) is 23.7 Å². The molecule has 1 heterocycles. The lowest BCUT2D eigenvalue weighted by Gasteiger charge is -2.32. The van der Waals surface area contributed by atoms with Crippen LogP contribution in [0.2, 0.25) is 0 Å². The number of phenolic OH excluding ortho intramolecular Hbond substituents is 1. The Morgan fingerprint density at radius 3 is 2.33 bits per heavy atom. The van der Waals surface area contributed by atoms with E-state index >= 15 is 0 Å². The number of phenols is 1. The van der Waals surface area contributed by atoms with Crippen LogP contribution in [0.1, 0.15) is 50.5 Å². The first-order chi connectivity index (χ1) is 11.1. The zero-order chi connectivity index (χ0) is 18.1. The highest BCUT2D eigenvalue weighted by atomic mass is 16.7. The van der Waals surface area contributed by atoms with E-state index in [9.17, 15) is 9.90 Å². The van der Waals surface area contributed by atoms with Crippen molar-refractivity contribution in [1.82, 2.24) is 5.32 Å². The van der Waals surface area contributed by atoms with E-state index in [2.05, 4.69) is 5.32 Å². The van der Waals surface area contributed by atoms with Crippen molar-refractivity contribution < 1.29 is 19.2 Å².